The van der Waals surface area contributed by atoms with E-state index >= 15 is 0 Å². The zero-order valence-corrected chi connectivity index (χ0v) is 10.6. The summed E-state index contributed by atoms with van der Waals surface area (Å²) in [6.45, 7) is 3.80. The molecule has 0 aliphatic carbocycles. The first-order valence-corrected chi connectivity index (χ1v) is 5.77. The first-order chi connectivity index (χ1) is 8.13. The normalized spacial score (nSPS) is 10.6. The van der Waals surface area contributed by atoms with Crippen LogP contribution in [0.3, 0.4) is 0 Å². The molecule has 0 atom stereocenters. The summed E-state index contributed by atoms with van der Waals surface area (Å²) in [5.74, 6) is 6.83. The van der Waals surface area contributed by atoms with Gasteiger partial charge in [0, 0.05) is 12.6 Å². The minimum atomic E-state index is 0.612. The number of nitrogens with one attached hydrogen (secondary N) is 1. The quantitative estimate of drug-likeness (QED) is 0.470. The van der Waals surface area contributed by atoms with E-state index in [4.69, 9.17) is 5.84 Å². The molecule has 17 heavy (non-hydrogen) atoms. The van der Waals surface area contributed by atoms with Crippen LogP contribution in [-0.4, -0.2) is 24.7 Å². The van der Waals surface area contributed by atoms with Crippen LogP contribution < -0.4 is 11.3 Å². The first-order valence-electron chi connectivity index (χ1n) is 4.95. The van der Waals surface area contributed by atoms with Crippen LogP contribution in [0, 0.1) is 13.8 Å². The molecule has 0 radical (unpaired) electrons. The largest absolute Gasteiger partial charge is 0.309 e. The van der Waals surface area contributed by atoms with Gasteiger partial charge in [-0.15, -0.1) is 10.2 Å². The van der Waals surface area contributed by atoms with Crippen molar-refractivity contribution in [2.75, 3.05) is 5.43 Å². The summed E-state index contributed by atoms with van der Waals surface area (Å²) in [6, 6.07) is 0. The zero-order valence-electron chi connectivity index (χ0n) is 9.80. The maximum absolute atomic E-state index is 5.36. The highest BCUT2D eigenvalue weighted by Gasteiger charge is 2.12. The predicted octanol–water partition coefficient (Wildman–Crippen LogP) is 0.659. The van der Waals surface area contributed by atoms with E-state index < -0.39 is 0 Å². The van der Waals surface area contributed by atoms with E-state index in [1.54, 1.807) is 0 Å². The molecule has 2 rings (SSSR count). The summed E-state index contributed by atoms with van der Waals surface area (Å²) < 4.78 is 1.90. The molecule has 8 heteroatoms. The molecule has 2 heterocycles. The van der Waals surface area contributed by atoms with Crippen LogP contribution in [0.5, 0.6) is 0 Å². The van der Waals surface area contributed by atoms with Crippen molar-refractivity contribution >= 4 is 17.6 Å². The predicted molar refractivity (Wildman–Crippen MR) is 64.4 cm³/mol. The third-order valence-electron chi connectivity index (χ3n) is 2.42. The standard InChI is InChI=1S/C9H13N7S/c1-5-7(13-10)11-4-12-8(5)17-9-15-14-6(2)16(9)3/h4H,10H2,1-3H3,(H,11,12,13). The van der Waals surface area contributed by atoms with Crippen molar-refractivity contribution in [1.29, 1.82) is 0 Å². The Kier molecular flexibility index (Phi) is 3.25. The number of aryl methyl sites for hydroxylation is 1. The van der Waals surface area contributed by atoms with Crippen molar-refractivity contribution in [3.05, 3.63) is 17.7 Å². The third-order valence-corrected chi connectivity index (χ3v) is 3.56. The summed E-state index contributed by atoms with van der Waals surface area (Å²) in [5.41, 5.74) is 3.42. The van der Waals surface area contributed by atoms with Gasteiger partial charge in [0.25, 0.3) is 0 Å². The zero-order chi connectivity index (χ0) is 12.4. The van der Waals surface area contributed by atoms with Crippen LogP contribution in [0.4, 0.5) is 5.82 Å². The lowest BCUT2D eigenvalue weighted by Crippen LogP contribution is -2.11. The highest BCUT2D eigenvalue weighted by molar-refractivity contribution is 7.99. The molecule has 0 aliphatic heterocycles. The Morgan fingerprint density at radius 2 is 2.06 bits per heavy atom. The second kappa shape index (κ2) is 4.68. The Morgan fingerprint density at radius 1 is 1.29 bits per heavy atom. The maximum atomic E-state index is 5.36. The highest BCUT2D eigenvalue weighted by Crippen LogP contribution is 2.28. The van der Waals surface area contributed by atoms with Gasteiger partial charge in [-0.1, -0.05) is 0 Å². The lowest BCUT2D eigenvalue weighted by atomic mass is 10.3. The highest BCUT2D eigenvalue weighted by atomic mass is 32.2. The maximum Gasteiger partial charge on any atom is 0.197 e. The lowest BCUT2D eigenvalue weighted by molar-refractivity contribution is 0.764. The van der Waals surface area contributed by atoms with Gasteiger partial charge in [0.05, 0.1) is 0 Å². The number of hydrazine groups is 1. The minimum Gasteiger partial charge on any atom is -0.309 e. The molecular formula is C9H13N7S. The van der Waals surface area contributed by atoms with Gasteiger partial charge in [0.2, 0.25) is 0 Å². The Morgan fingerprint density at radius 3 is 2.65 bits per heavy atom. The van der Waals surface area contributed by atoms with E-state index in [-0.39, 0.29) is 0 Å². The average Bonchev–Trinajstić information content (AvgIpc) is 2.64. The molecule has 2 aromatic heterocycles. The Bertz CT molecular complexity index is 536. The van der Waals surface area contributed by atoms with Crippen molar-refractivity contribution in [3.63, 3.8) is 0 Å². The number of anilines is 1. The van der Waals surface area contributed by atoms with Crippen LogP contribution in [-0.2, 0) is 7.05 Å². The smallest absolute Gasteiger partial charge is 0.197 e. The molecule has 0 saturated carbocycles. The number of hydrogen-bond acceptors (Lipinski definition) is 7. The summed E-state index contributed by atoms with van der Waals surface area (Å²) in [4.78, 5) is 8.23. The second-order valence-corrected chi connectivity index (χ2v) is 4.44. The Balaban J connectivity index is 2.33. The van der Waals surface area contributed by atoms with Crippen LogP contribution in [0.1, 0.15) is 11.4 Å². The molecule has 0 unspecified atom stereocenters. The average molecular weight is 251 g/mol. The van der Waals surface area contributed by atoms with Gasteiger partial charge in [-0.3, -0.25) is 0 Å². The number of nitrogen functional groups attached to an aromatic ring is 1. The van der Waals surface area contributed by atoms with Crippen LogP contribution in [0.15, 0.2) is 16.5 Å². The molecule has 90 valence electrons. The van der Waals surface area contributed by atoms with E-state index in [2.05, 4.69) is 25.6 Å². The van der Waals surface area contributed by atoms with E-state index in [1.807, 2.05) is 25.5 Å². The Hall–Kier alpha value is -1.67. The fourth-order valence-corrected chi connectivity index (χ4v) is 2.12. The molecule has 3 N–H and O–H groups in total. The fraction of sp³-hybridized carbons (Fsp3) is 0.333. The molecule has 0 saturated heterocycles. The minimum absolute atomic E-state index is 0.612. The molecular weight excluding hydrogens is 238 g/mol. The Labute approximate surface area is 103 Å². The summed E-state index contributed by atoms with van der Waals surface area (Å²) in [7, 11) is 1.91. The van der Waals surface area contributed by atoms with Crippen molar-refractivity contribution < 1.29 is 0 Å². The number of aromatic nitrogens is 5. The van der Waals surface area contributed by atoms with Gasteiger partial charge >= 0.3 is 0 Å². The van der Waals surface area contributed by atoms with Crippen molar-refractivity contribution in [3.8, 4) is 0 Å². The van der Waals surface area contributed by atoms with Crippen molar-refractivity contribution in [2.24, 2.45) is 12.9 Å². The number of nitrogens with zero attached hydrogens (tertiary/aromatic N) is 5. The van der Waals surface area contributed by atoms with Crippen LogP contribution in [0.25, 0.3) is 0 Å². The first kappa shape index (κ1) is 11.8. The summed E-state index contributed by atoms with van der Waals surface area (Å²) >= 11 is 1.43. The molecule has 7 nitrogen and oxygen atoms in total. The van der Waals surface area contributed by atoms with Gasteiger partial charge in [-0.05, 0) is 25.6 Å². The molecule has 0 fully saturated rings. The van der Waals surface area contributed by atoms with E-state index in [0.29, 0.717) is 5.82 Å². The number of rotatable bonds is 3. The molecule has 0 spiro atoms. The summed E-state index contributed by atoms with van der Waals surface area (Å²) in [5, 5.41) is 9.66. The monoisotopic (exact) mass is 251 g/mol. The van der Waals surface area contributed by atoms with Gasteiger partial charge < -0.3 is 9.99 Å². The lowest BCUT2D eigenvalue weighted by Gasteiger charge is -2.07. The van der Waals surface area contributed by atoms with Gasteiger partial charge in [-0.2, -0.15) is 0 Å². The topological polar surface area (TPSA) is 94.5 Å². The molecule has 0 aliphatic rings. The van der Waals surface area contributed by atoms with Gasteiger partial charge in [0.1, 0.15) is 23.0 Å². The SMILES string of the molecule is Cc1c(NN)ncnc1Sc1nnc(C)n1C. The van der Waals surface area contributed by atoms with Gasteiger partial charge in [-0.25, -0.2) is 15.8 Å². The van der Waals surface area contributed by atoms with Crippen molar-refractivity contribution in [1.82, 2.24) is 24.7 Å². The van der Waals surface area contributed by atoms with Crippen molar-refractivity contribution in [2.45, 2.75) is 24.0 Å². The van der Waals surface area contributed by atoms with E-state index in [9.17, 15) is 0 Å². The second-order valence-electron chi connectivity index (χ2n) is 3.49. The summed E-state index contributed by atoms with van der Waals surface area (Å²) in [6.07, 6.45) is 1.47. The number of nitrogens with two attached hydrogens (primary N) is 1. The third kappa shape index (κ3) is 2.22. The number of hydrogen-bond donors (Lipinski definition) is 2. The fourth-order valence-electron chi connectivity index (χ4n) is 1.25. The van der Waals surface area contributed by atoms with E-state index in [1.165, 1.54) is 18.1 Å². The van der Waals surface area contributed by atoms with Crippen LogP contribution in [0.2, 0.25) is 0 Å². The molecule has 0 aromatic carbocycles. The van der Waals surface area contributed by atoms with Gasteiger partial charge in [0.15, 0.2) is 5.16 Å². The molecule has 0 amide bonds. The molecule has 0 bridgehead atoms. The molecule has 2 aromatic rings. The van der Waals surface area contributed by atoms with Crippen LogP contribution >= 0.6 is 11.8 Å². The van der Waals surface area contributed by atoms with E-state index in [0.717, 1.165) is 21.6 Å².